The minimum Gasteiger partial charge on any atom is -0.488 e. The summed E-state index contributed by atoms with van der Waals surface area (Å²) in [5, 5.41) is 0. The molecule has 4 heteroatoms. The second-order valence-electron chi connectivity index (χ2n) is 3.84. The smallest absolute Gasteiger partial charge is 0.125 e. The zero-order valence-corrected chi connectivity index (χ0v) is 12.9. The molecule has 0 aliphatic rings. The van der Waals surface area contributed by atoms with Crippen LogP contribution in [0.15, 0.2) is 51.4 Å². The van der Waals surface area contributed by atoms with E-state index in [4.69, 9.17) is 10.5 Å². The predicted octanol–water partition coefficient (Wildman–Crippen LogP) is 4.25. The Kier molecular flexibility index (Phi) is 4.80. The lowest BCUT2D eigenvalue weighted by atomic mass is 10.2. The normalized spacial score (nSPS) is 10.4. The monoisotopic (exact) mass is 369 g/mol. The molecule has 2 rings (SSSR count). The number of hydrogen-bond acceptors (Lipinski definition) is 2. The molecule has 2 N–H and O–H groups in total. The van der Waals surface area contributed by atoms with E-state index in [9.17, 15) is 0 Å². The van der Waals surface area contributed by atoms with Gasteiger partial charge in [0.1, 0.15) is 12.4 Å². The highest BCUT2D eigenvalue weighted by atomic mass is 79.9. The number of rotatable bonds is 4. The zero-order chi connectivity index (χ0) is 13.0. The zero-order valence-electron chi connectivity index (χ0n) is 9.70. The van der Waals surface area contributed by atoms with E-state index in [0.29, 0.717) is 13.2 Å². The summed E-state index contributed by atoms with van der Waals surface area (Å²) in [7, 11) is 0. The third-order valence-electron chi connectivity index (χ3n) is 2.59. The van der Waals surface area contributed by atoms with Gasteiger partial charge < -0.3 is 10.5 Å². The molecule has 0 atom stereocenters. The van der Waals surface area contributed by atoms with Gasteiger partial charge in [-0.3, -0.25) is 0 Å². The summed E-state index contributed by atoms with van der Waals surface area (Å²) >= 11 is 6.94. The average molecular weight is 371 g/mol. The van der Waals surface area contributed by atoms with Crippen LogP contribution >= 0.6 is 31.9 Å². The van der Waals surface area contributed by atoms with Gasteiger partial charge in [0.2, 0.25) is 0 Å². The molecule has 94 valence electrons. The van der Waals surface area contributed by atoms with E-state index in [1.54, 1.807) is 0 Å². The van der Waals surface area contributed by atoms with Crippen molar-refractivity contribution in [2.75, 3.05) is 0 Å². The van der Waals surface area contributed by atoms with Crippen molar-refractivity contribution in [3.63, 3.8) is 0 Å². The molecule has 0 fully saturated rings. The van der Waals surface area contributed by atoms with E-state index >= 15 is 0 Å². The van der Waals surface area contributed by atoms with Crippen LogP contribution in [0.25, 0.3) is 0 Å². The summed E-state index contributed by atoms with van der Waals surface area (Å²) in [6.07, 6.45) is 0. The van der Waals surface area contributed by atoms with Gasteiger partial charge in [-0.1, -0.05) is 56.1 Å². The van der Waals surface area contributed by atoms with Crippen LogP contribution in [0.3, 0.4) is 0 Å². The van der Waals surface area contributed by atoms with Crippen molar-refractivity contribution >= 4 is 31.9 Å². The molecular weight excluding hydrogens is 358 g/mol. The maximum absolute atomic E-state index is 5.84. The lowest BCUT2D eigenvalue weighted by Gasteiger charge is -2.11. The van der Waals surface area contributed by atoms with E-state index < -0.39 is 0 Å². The lowest BCUT2D eigenvalue weighted by Crippen LogP contribution is -2.03. The van der Waals surface area contributed by atoms with E-state index in [1.165, 1.54) is 0 Å². The third kappa shape index (κ3) is 3.34. The van der Waals surface area contributed by atoms with Crippen LogP contribution in [0, 0.1) is 0 Å². The number of nitrogens with two attached hydrogens (primary N) is 1. The molecule has 0 radical (unpaired) electrons. The summed E-state index contributed by atoms with van der Waals surface area (Å²) in [4.78, 5) is 0. The first-order valence-corrected chi connectivity index (χ1v) is 7.14. The highest BCUT2D eigenvalue weighted by Crippen LogP contribution is 2.25. The first kappa shape index (κ1) is 13.6. The van der Waals surface area contributed by atoms with Gasteiger partial charge in [0.05, 0.1) is 0 Å². The topological polar surface area (TPSA) is 35.2 Å². The summed E-state index contributed by atoms with van der Waals surface area (Å²) in [6, 6.07) is 13.9. The van der Waals surface area contributed by atoms with Crippen LogP contribution < -0.4 is 10.5 Å². The summed E-state index contributed by atoms with van der Waals surface area (Å²) in [5.41, 5.74) is 7.81. The van der Waals surface area contributed by atoms with Gasteiger partial charge in [0, 0.05) is 26.6 Å². The molecule has 0 spiro atoms. The van der Waals surface area contributed by atoms with Gasteiger partial charge in [-0.05, 0) is 18.2 Å². The fourth-order valence-corrected chi connectivity index (χ4v) is 2.34. The van der Waals surface area contributed by atoms with Crippen molar-refractivity contribution < 1.29 is 4.74 Å². The van der Waals surface area contributed by atoms with Crippen LogP contribution in [-0.2, 0) is 13.2 Å². The maximum atomic E-state index is 5.84. The Balaban J connectivity index is 2.15. The van der Waals surface area contributed by atoms with Crippen LogP contribution in [0.5, 0.6) is 5.75 Å². The predicted molar refractivity (Wildman–Crippen MR) is 80.5 cm³/mol. The summed E-state index contributed by atoms with van der Waals surface area (Å²) in [5.74, 6) is 0.822. The maximum Gasteiger partial charge on any atom is 0.125 e. The summed E-state index contributed by atoms with van der Waals surface area (Å²) in [6.45, 7) is 0.990. The SMILES string of the molecule is NCc1ccc(Br)cc1OCc1ccccc1Br. The highest BCUT2D eigenvalue weighted by Gasteiger charge is 2.05. The molecule has 0 aromatic heterocycles. The molecular formula is C14H13Br2NO. The van der Waals surface area contributed by atoms with Crippen molar-refractivity contribution in [1.82, 2.24) is 0 Å². The van der Waals surface area contributed by atoms with Crippen molar-refractivity contribution in [1.29, 1.82) is 0 Å². The molecule has 2 aromatic rings. The number of hydrogen-bond donors (Lipinski definition) is 1. The molecule has 0 saturated carbocycles. The van der Waals surface area contributed by atoms with E-state index in [-0.39, 0.29) is 0 Å². The van der Waals surface area contributed by atoms with Gasteiger partial charge in [-0.15, -0.1) is 0 Å². The molecule has 0 amide bonds. The molecule has 2 nitrogen and oxygen atoms in total. The quantitative estimate of drug-likeness (QED) is 0.873. The van der Waals surface area contributed by atoms with Crippen LogP contribution in [-0.4, -0.2) is 0 Å². The van der Waals surface area contributed by atoms with Crippen molar-refractivity contribution in [3.8, 4) is 5.75 Å². The first-order valence-electron chi connectivity index (χ1n) is 5.55. The van der Waals surface area contributed by atoms with Gasteiger partial charge in [0.15, 0.2) is 0 Å². The molecule has 0 heterocycles. The van der Waals surface area contributed by atoms with Crippen LogP contribution in [0.2, 0.25) is 0 Å². The summed E-state index contributed by atoms with van der Waals surface area (Å²) < 4.78 is 7.87. The second kappa shape index (κ2) is 6.36. The molecule has 0 saturated heterocycles. The average Bonchev–Trinajstić information content (AvgIpc) is 2.38. The van der Waals surface area contributed by atoms with Gasteiger partial charge >= 0.3 is 0 Å². The van der Waals surface area contributed by atoms with Crippen LogP contribution in [0.1, 0.15) is 11.1 Å². The minimum atomic E-state index is 0.471. The minimum absolute atomic E-state index is 0.471. The van der Waals surface area contributed by atoms with Crippen molar-refractivity contribution in [3.05, 3.63) is 62.5 Å². The molecule has 0 bridgehead atoms. The Hall–Kier alpha value is -0.840. The highest BCUT2D eigenvalue weighted by molar-refractivity contribution is 9.10. The standard InChI is InChI=1S/C14H13Br2NO/c15-12-6-5-10(8-17)14(7-12)18-9-11-3-1-2-4-13(11)16/h1-7H,8-9,17H2. The molecule has 0 unspecified atom stereocenters. The number of ether oxygens (including phenoxy) is 1. The Bertz CT molecular complexity index is 543. The molecule has 0 aliphatic heterocycles. The Morgan fingerprint density at radius 1 is 1.00 bits per heavy atom. The fourth-order valence-electron chi connectivity index (χ4n) is 1.60. The van der Waals surface area contributed by atoms with E-state index in [0.717, 1.165) is 25.8 Å². The lowest BCUT2D eigenvalue weighted by molar-refractivity contribution is 0.302. The fraction of sp³-hybridized carbons (Fsp3) is 0.143. The third-order valence-corrected chi connectivity index (χ3v) is 3.86. The largest absolute Gasteiger partial charge is 0.488 e. The number of halogens is 2. The first-order chi connectivity index (χ1) is 8.70. The van der Waals surface area contributed by atoms with Crippen molar-refractivity contribution in [2.24, 2.45) is 5.73 Å². The second-order valence-corrected chi connectivity index (χ2v) is 5.61. The Morgan fingerprint density at radius 3 is 2.50 bits per heavy atom. The Labute approximate surface area is 123 Å². The van der Waals surface area contributed by atoms with Gasteiger partial charge in [-0.2, -0.15) is 0 Å². The van der Waals surface area contributed by atoms with Crippen molar-refractivity contribution in [2.45, 2.75) is 13.2 Å². The van der Waals surface area contributed by atoms with Gasteiger partial charge in [-0.25, -0.2) is 0 Å². The van der Waals surface area contributed by atoms with Crippen LogP contribution in [0.4, 0.5) is 0 Å². The molecule has 0 aliphatic carbocycles. The van der Waals surface area contributed by atoms with Gasteiger partial charge in [0.25, 0.3) is 0 Å². The molecule has 2 aromatic carbocycles. The van der Waals surface area contributed by atoms with E-state index in [1.807, 2.05) is 42.5 Å². The molecule has 18 heavy (non-hydrogen) atoms. The van der Waals surface area contributed by atoms with E-state index in [2.05, 4.69) is 31.9 Å². The Morgan fingerprint density at radius 2 is 1.78 bits per heavy atom. The number of benzene rings is 2.